The molecule has 0 aromatic carbocycles. The molecule has 1 N–H and O–H groups in total. The SMILES string of the molecule is C=C(C)C12O[C@@H]1CC1C3CC=C4CC(O)CC[C@]4(C)C3CC[C@@]12C. The zero-order chi connectivity index (χ0) is 16.9. The summed E-state index contributed by atoms with van der Waals surface area (Å²) < 4.78 is 6.25. The Hall–Kier alpha value is -0.600. The Kier molecular flexibility index (Phi) is 2.98. The highest BCUT2D eigenvalue weighted by Crippen LogP contribution is 2.74. The number of fused-ring (bicyclic) bond motifs is 7. The van der Waals surface area contributed by atoms with Crippen molar-refractivity contribution < 1.29 is 9.84 Å². The summed E-state index contributed by atoms with van der Waals surface area (Å²) in [5, 5.41) is 10.1. The normalized spacial score (nSPS) is 58.0. The van der Waals surface area contributed by atoms with Crippen LogP contribution >= 0.6 is 0 Å². The summed E-state index contributed by atoms with van der Waals surface area (Å²) in [5.41, 5.74) is 3.46. The van der Waals surface area contributed by atoms with Crippen LogP contribution in [-0.2, 0) is 4.74 Å². The maximum absolute atomic E-state index is 10.1. The highest BCUT2D eigenvalue weighted by Gasteiger charge is 2.77. The van der Waals surface area contributed by atoms with Gasteiger partial charge in [-0.3, -0.25) is 0 Å². The van der Waals surface area contributed by atoms with Crippen LogP contribution in [0.3, 0.4) is 0 Å². The van der Waals surface area contributed by atoms with Crippen molar-refractivity contribution in [2.24, 2.45) is 28.6 Å². The van der Waals surface area contributed by atoms with Crippen LogP contribution in [0.1, 0.15) is 65.7 Å². The molecule has 0 spiro atoms. The van der Waals surface area contributed by atoms with Gasteiger partial charge in [-0.05, 0) is 80.6 Å². The predicted molar refractivity (Wildman–Crippen MR) is 95.5 cm³/mol. The van der Waals surface area contributed by atoms with Crippen molar-refractivity contribution >= 4 is 0 Å². The van der Waals surface area contributed by atoms with E-state index in [1.54, 1.807) is 5.57 Å². The van der Waals surface area contributed by atoms with Crippen LogP contribution in [0.2, 0.25) is 0 Å². The molecule has 0 amide bonds. The van der Waals surface area contributed by atoms with Crippen molar-refractivity contribution in [3.8, 4) is 0 Å². The molecule has 2 heteroatoms. The fourth-order valence-electron chi connectivity index (χ4n) is 7.86. The van der Waals surface area contributed by atoms with Crippen molar-refractivity contribution in [1.29, 1.82) is 0 Å². The van der Waals surface area contributed by atoms with E-state index in [9.17, 15) is 5.11 Å². The second kappa shape index (κ2) is 4.57. The zero-order valence-electron chi connectivity index (χ0n) is 15.5. The number of ether oxygens (including phenoxy) is 1. The van der Waals surface area contributed by atoms with Gasteiger partial charge in [-0.15, -0.1) is 0 Å². The molecule has 4 fully saturated rings. The predicted octanol–water partition coefficient (Wildman–Crippen LogP) is 4.63. The van der Waals surface area contributed by atoms with E-state index < -0.39 is 0 Å². The fraction of sp³-hybridized carbons (Fsp3) is 0.818. The quantitative estimate of drug-likeness (QED) is 0.562. The van der Waals surface area contributed by atoms with Gasteiger partial charge in [0.2, 0.25) is 0 Å². The molecular formula is C22H32O2. The van der Waals surface area contributed by atoms with Gasteiger partial charge in [-0.1, -0.05) is 32.1 Å². The van der Waals surface area contributed by atoms with Crippen molar-refractivity contribution in [2.75, 3.05) is 0 Å². The Balaban J connectivity index is 1.51. The van der Waals surface area contributed by atoms with Crippen molar-refractivity contribution in [3.63, 3.8) is 0 Å². The van der Waals surface area contributed by atoms with Gasteiger partial charge in [0, 0.05) is 5.41 Å². The van der Waals surface area contributed by atoms with Crippen LogP contribution < -0.4 is 0 Å². The van der Waals surface area contributed by atoms with E-state index in [0.29, 0.717) is 16.9 Å². The summed E-state index contributed by atoms with van der Waals surface area (Å²) in [6, 6.07) is 0. The molecule has 0 radical (unpaired) electrons. The van der Waals surface area contributed by atoms with Crippen LogP contribution in [0.15, 0.2) is 23.8 Å². The number of aliphatic hydroxyl groups is 1. The summed E-state index contributed by atoms with van der Waals surface area (Å²) in [5.74, 6) is 2.40. The molecule has 0 bridgehead atoms. The Labute approximate surface area is 146 Å². The van der Waals surface area contributed by atoms with E-state index in [1.807, 2.05) is 0 Å². The van der Waals surface area contributed by atoms with Gasteiger partial charge in [0.25, 0.3) is 0 Å². The Morgan fingerprint density at radius 2 is 2.04 bits per heavy atom. The van der Waals surface area contributed by atoms with Gasteiger partial charge in [0.05, 0.1) is 12.2 Å². The van der Waals surface area contributed by atoms with Crippen LogP contribution in [0.25, 0.3) is 0 Å². The topological polar surface area (TPSA) is 32.8 Å². The van der Waals surface area contributed by atoms with Gasteiger partial charge >= 0.3 is 0 Å². The first-order valence-corrected chi connectivity index (χ1v) is 10.0. The van der Waals surface area contributed by atoms with Crippen LogP contribution in [0, 0.1) is 28.6 Å². The van der Waals surface area contributed by atoms with Gasteiger partial charge < -0.3 is 9.84 Å². The number of aliphatic hydroxyl groups excluding tert-OH is 1. The molecule has 4 aliphatic carbocycles. The third-order valence-corrected chi connectivity index (χ3v) is 9.14. The van der Waals surface area contributed by atoms with E-state index in [4.69, 9.17) is 4.74 Å². The number of hydrogen-bond donors (Lipinski definition) is 1. The average molecular weight is 328 g/mol. The molecule has 1 aliphatic heterocycles. The lowest BCUT2D eigenvalue weighted by Crippen LogP contribution is -2.53. The summed E-state index contributed by atoms with van der Waals surface area (Å²) in [6.07, 6.45) is 11.0. The van der Waals surface area contributed by atoms with Crippen LogP contribution in [0.4, 0.5) is 0 Å². The minimum atomic E-state index is -0.103. The zero-order valence-corrected chi connectivity index (χ0v) is 15.5. The van der Waals surface area contributed by atoms with E-state index in [0.717, 1.165) is 30.6 Å². The molecule has 0 aromatic rings. The first-order chi connectivity index (χ1) is 11.3. The maximum Gasteiger partial charge on any atom is 0.121 e. The first kappa shape index (κ1) is 15.6. The lowest BCUT2D eigenvalue weighted by atomic mass is 9.47. The molecule has 3 saturated carbocycles. The van der Waals surface area contributed by atoms with Crippen molar-refractivity contribution in [2.45, 2.75) is 83.5 Å². The minimum Gasteiger partial charge on any atom is -0.393 e. The molecule has 5 aliphatic rings. The lowest BCUT2D eigenvalue weighted by Gasteiger charge is -2.58. The number of hydrogen-bond acceptors (Lipinski definition) is 2. The third-order valence-electron chi connectivity index (χ3n) is 9.14. The fourth-order valence-corrected chi connectivity index (χ4v) is 7.86. The Morgan fingerprint density at radius 1 is 1.25 bits per heavy atom. The van der Waals surface area contributed by atoms with Crippen molar-refractivity contribution in [1.82, 2.24) is 0 Å². The van der Waals surface area contributed by atoms with E-state index >= 15 is 0 Å². The highest BCUT2D eigenvalue weighted by molar-refractivity contribution is 5.37. The largest absolute Gasteiger partial charge is 0.393 e. The second-order valence-corrected chi connectivity index (χ2v) is 9.97. The molecule has 5 unspecified atom stereocenters. The molecule has 132 valence electrons. The monoisotopic (exact) mass is 328 g/mol. The smallest absolute Gasteiger partial charge is 0.121 e. The van der Waals surface area contributed by atoms with Gasteiger partial charge in [0.1, 0.15) is 5.60 Å². The molecule has 0 aromatic heterocycles. The van der Waals surface area contributed by atoms with E-state index in [-0.39, 0.29) is 11.7 Å². The van der Waals surface area contributed by atoms with Crippen molar-refractivity contribution in [3.05, 3.63) is 23.8 Å². The number of allylic oxidation sites excluding steroid dienone is 1. The summed E-state index contributed by atoms with van der Waals surface area (Å²) in [7, 11) is 0. The number of rotatable bonds is 1. The molecule has 1 heterocycles. The summed E-state index contributed by atoms with van der Waals surface area (Å²) in [6.45, 7) is 11.5. The summed E-state index contributed by atoms with van der Waals surface area (Å²) >= 11 is 0. The maximum atomic E-state index is 10.1. The Morgan fingerprint density at radius 3 is 2.79 bits per heavy atom. The second-order valence-electron chi connectivity index (χ2n) is 9.97. The van der Waals surface area contributed by atoms with Gasteiger partial charge in [-0.2, -0.15) is 0 Å². The number of epoxide rings is 1. The highest BCUT2D eigenvalue weighted by atomic mass is 16.6. The summed E-state index contributed by atoms with van der Waals surface area (Å²) in [4.78, 5) is 0. The van der Waals surface area contributed by atoms with E-state index in [1.165, 1.54) is 37.7 Å². The average Bonchev–Trinajstić information content (AvgIpc) is 3.21. The third kappa shape index (κ3) is 1.61. The minimum absolute atomic E-state index is 0.00368. The van der Waals surface area contributed by atoms with Crippen LogP contribution in [0.5, 0.6) is 0 Å². The molecular weight excluding hydrogens is 296 g/mol. The molecule has 2 nitrogen and oxygen atoms in total. The first-order valence-electron chi connectivity index (χ1n) is 10.0. The molecule has 1 saturated heterocycles. The lowest BCUT2D eigenvalue weighted by molar-refractivity contribution is -0.0755. The Bertz CT molecular complexity index is 636. The molecule has 8 atom stereocenters. The van der Waals surface area contributed by atoms with E-state index in [2.05, 4.69) is 33.4 Å². The van der Waals surface area contributed by atoms with Gasteiger partial charge in [-0.25, -0.2) is 0 Å². The standard InChI is InChI=1S/C22H32O2/c1-13(2)22-19(24-22)12-18-16-6-5-14-11-15(23)7-9-20(14,3)17(16)8-10-21(18,22)4/h5,15-19,23H,1,6-12H2,2-4H3/t15?,16?,17?,18?,19-,20+,21+,22?/m1/s1. The molecule has 5 rings (SSSR count). The molecule has 24 heavy (non-hydrogen) atoms. The van der Waals surface area contributed by atoms with Gasteiger partial charge in [0.15, 0.2) is 0 Å². The van der Waals surface area contributed by atoms with Crippen LogP contribution in [-0.4, -0.2) is 22.9 Å².